The number of nitrogens with two attached hydrogens (primary N) is 1. The number of ether oxygens (including phenoxy) is 1. The second-order valence-electron chi connectivity index (χ2n) is 6.09. The van der Waals surface area contributed by atoms with Gasteiger partial charge in [0.15, 0.2) is 0 Å². The molecule has 2 N–H and O–H groups in total. The van der Waals surface area contributed by atoms with Gasteiger partial charge in [-0.2, -0.15) is 0 Å². The second kappa shape index (κ2) is 7.81. The van der Waals surface area contributed by atoms with Gasteiger partial charge in [0.25, 0.3) is 0 Å². The largest absolute Gasteiger partial charge is 0.493 e. The Kier molecular flexibility index (Phi) is 6.07. The molecule has 2 rings (SSSR count). The highest BCUT2D eigenvalue weighted by atomic mass is 16.5. The highest BCUT2D eigenvalue weighted by Gasteiger charge is 2.25. The molecule has 118 valence electrons. The third kappa shape index (κ3) is 3.78. The smallest absolute Gasteiger partial charge is 0.122 e. The highest BCUT2D eigenvalue weighted by molar-refractivity contribution is 5.45. The van der Waals surface area contributed by atoms with Gasteiger partial charge in [-0.05, 0) is 81.9 Å². The number of hydrogen-bond acceptors (Lipinski definition) is 3. The summed E-state index contributed by atoms with van der Waals surface area (Å²) in [6, 6.07) is 4.87. The monoisotopic (exact) mass is 290 g/mol. The Balaban J connectivity index is 2.25. The lowest BCUT2D eigenvalue weighted by molar-refractivity contribution is 0.235. The van der Waals surface area contributed by atoms with Crippen LogP contribution >= 0.6 is 0 Å². The molecule has 3 nitrogen and oxygen atoms in total. The van der Waals surface area contributed by atoms with Crippen LogP contribution in [0.2, 0.25) is 0 Å². The number of nitrogens with zero attached hydrogens (tertiary/aromatic N) is 1. The summed E-state index contributed by atoms with van der Waals surface area (Å²) in [5.41, 5.74) is 9.95. The molecule has 0 radical (unpaired) electrons. The fourth-order valence-electron chi connectivity index (χ4n) is 3.29. The minimum absolute atomic E-state index is 0.469. The molecule has 1 saturated heterocycles. The maximum Gasteiger partial charge on any atom is 0.122 e. The molecule has 21 heavy (non-hydrogen) atoms. The third-order valence-electron chi connectivity index (χ3n) is 4.62. The van der Waals surface area contributed by atoms with E-state index >= 15 is 0 Å². The molecule has 1 heterocycles. The van der Waals surface area contributed by atoms with E-state index in [1.54, 1.807) is 0 Å². The lowest BCUT2D eigenvalue weighted by Gasteiger charge is -2.30. The van der Waals surface area contributed by atoms with E-state index in [9.17, 15) is 0 Å². The Morgan fingerprint density at radius 3 is 2.52 bits per heavy atom. The average Bonchev–Trinajstić information content (AvgIpc) is 3.01. The van der Waals surface area contributed by atoms with Gasteiger partial charge in [0.05, 0.1) is 6.61 Å². The molecular weight excluding hydrogens is 260 g/mol. The number of likely N-dealkylation sites (tertiary alicyclic amines) is 1. The van der Waals surface area contributed by atoms with Crippen LogP contribution < -0.4 is 10.5 Å². The molecule has 1 aliphatic rings. The van der Waals surface area contributed by atoms with Crippen LogP contribution in [0.25, 0.3) is 0 Å². The van der Waals surface area contributed by atoms with E-state index in [1.807, 2.05) is 0 Å². The van der Waals surface area contributed by atoms with Crippen LogP contribution in [0.1, 0.15) is 55.3 Å². The fourth-order valence-corrected chi connectivity index (χ4v) is 3.29. The summed E-state index contributed by atoms with van der Waals surface area (Å²) in [6.07, 6.45) is 4.72. The Labute approximate surface area is 129 Å². The summed E-state index contributed by atoms with van der Waals surface area (Å²) >= 11 is 0. The molecular formula is C18H30N2O. The number of benzene rings is 1. The first-order valence-corrected chi connectivity index (χ1v) is 8.36. The Morgan fingerprint density at radius 1 is 1.19 bits per heavy atom. The standard InChI is InChI=1S/C18H30N2O/c1-4-13-21-18-8-7-16(14(2)15(18)3)17(9-10-19)20-11-5-6-12-20/h7-8,17H,4-6,9-13,19H2,1-3H3. The molecule has 0 bridgehead atoms. The normalized spacial score (nSPS) is 17.1. The quantitative estimate of drug-likeness (QED) is 0.834. The minimum Gasteiger partial charge on any atom is -0.493 e. The first-order chi connectivity index (χ1) is 10.2. The zero-order valence-corrected chi connectivity index (χ0v) is 13.8. The molecule has 1 aromatic carbocycles. The fraction of sp³-hybridized carbons (Fsp3) is 0.667. The van der Waals surface area contributed by atoms with Gasteiger partial charge >= 0.3 is 0 Å². The predicted molar refractivity (Wildman–Crippen MR) is 88.9 cm³/mol. The number of rotatable bonds is 7. The molecule has 0 saturated carbocycles. The van der Waals surface area contributed by atoms with Crippen LogP contribution in [-0.4, -0.2) is 31.1 Å². The topological polar surface area (TPSA) is 38.5 Å². The van der Waals surface area contributed by atoms with Gasteiger partial charge in [-0.1, -0.05) is 13.0 Å². The maximum atomic E-state index is 5.87. The van der Waals surface area contributed by atoms with E-state index in [1.165, 1.54) is 42.6 Å². The molecule has 3 heteroatoms. The van der Waals surface area contributed by atoms with Gasteiger partial charge in [-0.25, -0.2) is 0 Å². The maximum absolute atomic E-state index is 5.87. The lowest BCUT2D eigenvalue weighted by atomic mass is 9.94. The van der Waals surface area contributed by atoms with E-state index < -0.39 is 0 Å². The van der Waals surface area contributed by atoms with Gasteiger partial charge in [0.2, 0.25) is 0 Å². The summed E-state index contributed by atoms with van der Waals surface area (Å²) in [5.74, 6) is 1.03. The molecule has 1 aromatic rings. The molecule has 1 fully saturated rings. The van der Waals surface area contributed by atoms with Crippen LogP contribution in [0, 0.1) is 13.8 Å². The van der Waals surface area contributed by atoms with Crippen molar-refractivity contribution < 1.29 is 4.74 Å². The molecule has 0 spiro atoms. The van der Waals surface area contributed by atoms with Crippen molar-refractivity contribution in [1.82, 2.24) is 4.90 Å². The van der Waals surface area contributed by atoms with Gasteiger partial charge in [-0.3, -0.25) is 4.90 Å². The molecule has 0 amide bonds. The van der Waals surface area contributed by atoms with Crippen molar-refractivity contribution in [2.75, 3.05) is 26.2 Å². The van der Waals surface area contributed by atoms with Crippen molar-refractivity contribution >= 4 is 0 Å². The van der Waals surface area contributed by atoms with Gasteiger partial charge < -0.3 is 10.5 Å². The zero-order valence-electron chi connectivity index (χ0n) is 13.8. The summed E-state index contributed by atoms with van der Waals surface area (Å²) in [6.45, 7) is 10.5. The molecule has 1 aliphatic heterocycles. The Hall–Kier alpha value is -1.06. The predicted octanol–water partition coefficient (Wildman–Crippen LogP) is 3.58. The van der Waals surface area contributed by atoms with Crippen LogP contribution in [-0.2, 0) is 0 Å². The van der Waals surface area contributed by atoms with Crippen LogP contribution in [0.4, 0.5) is 0 Å². The van der Waals surface area contributed by atoms with E-state index in [0.717, 1.165) is 31.7 Å². The first-order valence-electron chi connectivity index (χ1n) is 8.36. The summed E-state index contributed by atoms with van der Waals surface area (Å²) in [7, 11) is 0. The molecule has 1 unspecified atom stereocenters. The van der Waals surface area contributed by atoms with Crippen molar-refractivity contribution in [2.24, 2.45) is 5.73 Å². The third-order valence-corrected chi connectivity index (χ3v) is 4.62. The van der Waals surface area contributed by atoms with Gasteiger partial charge in [0.1, 0.15) is 5.75 Å². The van der Waals surface area contributed by atoms with Crippen molar-refractivity contribution in [3.63, 3.8) is 0 Å². The first kappa shape index (κ1) is 16.3. The Morgan fingerprint density at radius 2 is 1.90 bits per heavy atom. The van der Waals surface area contributed by atoms with Crippen LogP contribution in [0.5, 0.6) is 5.75 Å². The van der Waals surface area contributed by atoms with E-state index in [2.05, 4.69) is 37.8 Å². The van der Waals surface area contributed by atoms with Crippen LogP contribution in [0.3, 0.4) is 0 Å². The Bertz CT molecular complexity index is 453. The SMILES string of the molecule is CCCOc1ccc(C(CCN)N2CCCC2)c(C)c1C. The van der Waals surface area contributed by atoms with Gasteiger partial charge in [0, 0.05) is 6.04 Å². The van der Waals surface area contributed by atoms with Crippen LogP contribution in [0.15, 0.2) is 12.1 Å². The van der Waals surface area contributed by atoms with Crippen molar-refractivity contribution in [2.45, 2.75) is 52.5 Å². The van der Waals surface area contributed by atoms with Crippen molar-refractivity contribution in [3.05, 3.63) is 28.8 Å². The molecule has 1 atom stereocenters. The highest BCUT2D eigenvalue weighted by Crippen LogP contribution is 2.34. The summed E-state index contributed by atoms with van der Waals surface area (Å²) in [4.78, 5) is 2.60. The van der Waals surface area contributed by atoms with Gasteiger partial charge in [-0.15, -0.1) is 0 Å². The van der Waals surface area contributed by atoms with E-state index in [-0.39, 0.29) is 0 Å². The minimum atomic E-state index is 0.469. The molecule has 0 aromatic heterocycles. The summed E-state index contributed by atoms with van der Waals surface area (Å²) < 4.78 is 5.85. The number of hydrogen-bond donors (Lipinski definition) is 1. The zero-order chi connectivity index (χ0) is 15.2. The average molecular weight is 290 g/mol. The lowest BCUT2D eigenvalue weighted by Crippen LogP contribution is -2.28. The molecule has 0 aliphatic carbocycles. The summed E-state index contributed by atoms with van der Waals surface area (Å²) in [5, 5.41) is 0. The van der Waals surface area contributed by atoms with Crippen molar-refractivity contribution in [3.8, 4) is 5.75 Å². The van der Waals surface area contributed by atoms with Crippen molar-refractivity contribution in [1.29, 1.82) is 0 Å². The van der Waals surface area contributed by atoms with E-state index in [4.69, 9.17) is 10.5 Å². The second-order valence-corrected chi connectivity index (χ2v) is 6.09. The van der Waals surface area contributed by atoms with E-state index in [0.29, 0.717) is 6.04 Å².